The van der Waals surface area contributed by atoms with E-state index in [1.54, 1.807) is 0 Å². The van der Waals surface area contributed by atoms with Gasteiger partial charge in [-0.05, 0) is 52.9 Å². The van der Waals surface area contributed by atoms with Gasteiger partial charge < -0.3 is 14.5 Å². The molecule has 0 fully saturated rings. The van der Waals surface area contributed by atoms with Crippen molar-refractivity contribution in [1.29, 1.82) is 0 Å². The molecule has 1 aromatic carbocycles. The summed E-state index contributed by atoms with van der Waals surface area (Å²) in [5.41, 5.74) is 3.87. The van der Waals surface area contributed by atoms with Gasteiger partial charge in [-0.25, -0.2) is 0 Å². The molecule has 2 heterocycles. The lowest BCUT2D eigenvalue weighted by Gasteiger charge is -2.36. The quantitative estimate of drug-likeness (QED) is 0.684. The minimum atomic E-state index is -1.05. The SMILES string of the molecule is CCCCC1(OC(C)=O)OCCc2c1[nH]c1c(Cl)cc(C)c(Br)c21. The number of carbonyl (C=O) groups is 1. The Morgan fingerprint density at radius 1 is 1.54 bits per heavy atom. The molecule has 0 saturated heterocycles. The van der Waals surface area contributed by atoms with Gasteiger partial charge in [-0.3, -0.25) is 4.79 Å². The first-order valence-electron chi connectivity index (χ1n) is 8.22. The third-order valence-corrected chi connectivity index (χ3v) is 5.81. The Hall–Kier alpha value is -1.04. The van der Waals surface area contributed by atoms with Gasteiger partial charge in [-0.15, -0.1) is 0 Å². The molecule has 1 unspecified atom stereocenters. The minimum Gasteiger partial charge on any atom is -0.427 e. The van der Waals surface area contributed by atoms with Gasteiger partial charge in [0.15, 0.2) is 0 Å². The fourth-order valence-corrected chi connectivity index (χ4v) is 4.28. The summed E-state index contributed by atoms with van der Waals surface area (Å²) in [5, 5.41) is 1.72. The van der Waals surface area contributed by atoms with E-state index in [1.165, 1.54) is 6.92 Å². The average Bonchev–Trinajstić information content (AvgIpc) is 2.92. The van der Waals surface area contributed by atoms with Crippen molar-refractivity contribution in [2.75, 3.05) is 6.61 Å². The molecule has 24 heavy (non-hydrogen) atoms. The average molecular weight is 415 g/mol. The monoisotopic (exact) mass is 413 g/mol. The standard InChI is InChI=1S/C18H21BrClNO3/c1-4-5-7-18(24-11(3)22)17-12(6-8-23-18)14-15(19)10(2)9-13(20)16(14)21-17/h9,21H,4-8H2,1-3H3. The van der Waals surface area contributed by atoms with E-state index in [-0.39, 0.29) is 5.97 Å². The molecular weight excluding hydrogens is 394 g/mol. The molecule has 0 radical (unpaired) electrons. The number of carbonyl (C=O) groups excluding carboxylic acids is 1. The molecule has 130 valence electrons. The van der Waals surface area contributed by atoms with Gasteiger partial charge in [0.2, 0.25) is 0 Å². The number of rotatable bonds is 4. The van der Waals surface area contributed by atoms with Crippen LogP contribution in [0.25, 0.3) is 10.9 Å². The Morgan fingerprint density at radius 2 is 2.29 bits per heavy atom. The van der Waals surface area contributed by atoms with E-state index in [0.717, 1.165) is 51.5 Å². The normalized spacial score (nSPS) is 20.2. The summed E-state index contributed by atoms with van der Waals surface area (Å²) >= 11 is 10.1. The Kier molecular flexibility index (Phi) is 4.96. The molecule has 1 aromatic heterocycles. The topological polar surface area (TPSA) is 51.3 Å². The van der Waals surface area contributed by atoms with Crippen LogP contribution < -0.4 is 0 Å². The van der Waals surface area contributed by atoms with Gasteiger partial charge in [0.1, 0.15) is 0 Å². The highest BCUT2D eigenvalue weighted by molar-refractivity contribution is 9.10. The predicted molar refractivity (Wildman–Crippen MR) is 98.4 cm³/mol. The lowest BCUT2D eigenvalue weighted by atomic mass is 9.95. The Morgan fingerprint density at radius 3 is 2.96 bits per heavy atom. The maximum atomic E-state index is 11.7. The molecule has 0 spiro atoms. The number of hydrogen-bond acceptors (Lipinski definition) is 3. The maximum absolute atomic E-state index is 11.7. The molecule has 0 aliphatic carbocycles. The number of halogens is 2. The number of hydrogen-bond donors (Lipinski definition) is 1. The number of nitrogens with one attached hydrogen (secondary N) is 1. The minimum absolute atomic E-state index is 0.348. The molecule has 1 aliphatic rings. The zero-order chi connectivity index (χ0) is 17.5. The highest BCUT2D eigenvalue weighted by atomic mass is 79.9. The van der Waals surface area contributed by atoms with Crippen LogP contribution in [0, 0.1) is 6.92 Å². The van der Waals surface area contributed by atoms with Gasteiger partial charge in [0.05, 0.1) is 22.8 Å². The van der Waals surface area contributed by atoms with Crippen LogP contribution in [0.15, 0.2) is 10.5 Å². The number of aryl methyl sites for hydroxylation is 1. The molecule has 0 bridgehead atoms. The molecule has 4 nitrogen and oxygen atoms in total. The zero-order valence-electron chi connectivity index (χ0n) is 14.1. The van der Waals surface area contributed by atoms with Gasteiger partial charge in [-0.1, -0.05) is 24.9 Å². The number of fused-ring (bicyclic) bond motifs is 3. The van der Waals surface area contributed by atoms with Crippen LogP contribution in [-0.2, 0) is 26.5 Å². The van der Waals surface area contributed by atoms with Crippen LogP contribution >= 0.6 is 27.5 Å². The third-order valence-electron chi connectivity index (χ3n) is 4.49. The van der Waals surface area contributed by atoms with E-state index in [4.69, 9.17) is 21.1 Å². The van der Waals surface area contributed by atoms with E-state index in [2.05, 4.69) is 27.8 Å². The van der Waals surface area contributed by atoms with Crippen LogP contribution in [0.5, 0.6) is 0 Å². The lowest BCUT2D eigenvalue weighted by Crippen LogP contribution is -2.39. The summed E-state index contributed by atoms with van der Waals surface area (Å²) in [6.07, 6.45) is 3.27. The highest BCUT2D eigenvalue weighted by Gasteiger charge is 2.43. The van der Waals surface area contributed by atoms with Crippen LogP contribution in [0.3, 0.4) is 0 Å². The van der Waals surface area contributed by atoms with Gasteiger partial charge >= 0.3 is 5.97 Å². The van der Waals surface area contributed by atoms with Crippen molar-refractivity contribution in [3.63, 3.8) is 0 Å². The van der Waals surface area contributed by atoms with E-state index in [9.17, 15) is 4.79 Å². The lowest BCUT2D eigenvalue weighted by molar-refractivity contribution is -0.248. The molecule has 3 rings (SSSR count). The molecule has 0 saturated carbocycles. The van der Waals surface area contributed by atoms with Crippen LogP contribution in [0.4, 0.5) is 0 Å². The Bertz CT molecular complexity index is 801. The smallest absolute Gasteiger partial charge is 0.305 e. The summed E-state index contributed by atoms with van der Waals surface area (Å²) in [6.45, 7) is 6.05. The van der Waals surface area contributed by atoms with Gasteiger partial charge in [0, 0.05) is 23.2 Å². The third kappa shape index (κ3) is 2.87. The second-order valence-corrected chi connectivity index (χ2v) is 7.47. The fraction of sp³-hybridized carbons (Fsp3) is 0.500. The van der Waals surface area contributed by atoms with Crippen molar-refractivity contribution in [2.24, 2.45) is 0 Å². The molecule has 0 amide bonds. The maximum Gasteiger partial charge on any atom is 0.305 e. The van der Waals surface area contributed by atoms with E-state index in [1.807, 2.05) is 13.0 Å². The Labute approximate surface area is 155 Å². The predicted octanol–water partition coefficient (Wildman–Crippen LogP) is 5.37. The van der Waals surface area contributed by atoms with Crippen LogP contribution in [0.1, 0.15) is 49.9 Å². The van der Waals surface area contributed by atoms with Crippen molar-refractivity contribution in [3.05, 3.63) is 32.4 Å². The summed E-state index contributed by atoms with van der Waals surface area (Å²) in [5.74, 6) is -1.40. The van der Waals surface area contributed by atoms with Crippen molar-refractivity contribution in [3.8, 4) is 0 Å². The largest absolute Gasteiger partial charge is 0.427 e. The molecule has 1 atom stereocenters. The number of esters is 1. The van der Waals surface area contributed by atoms with Gasteiger partial charge in [-0.2, -0.15) is 0 Å². The molecule has 1 aliphatic heterocycles. The molecular formula is C18H21BrClNO3. The molecule has 6 heteroatoms. The summed E-state index contributed by atoms with van der Waals surface area (Å²) in [4.78, 5) is 15.1. The first-order chi connectivity index (χ1) is 11.4. The first kappa shape index (κ1) is 17.8. The second kappa shape index (κ2) is 6.70. The zero-order valence-corrected chi connectivity index (χ0v) is 16.4. The number of aromatic amines is 1. The van der Waals surface area contributed by atoms with Crippen molar-refractivity contribution >= 4 is 44.4 Å². The van der Waals surface area contributed by atoms with Crippen LogP contribution in [-0.4, -0.2) is 17.6 Å². The summed E-state index contributed by atoms with van der Waals surface area (Å²) in [6, 6.07) is 1.93. The van der Waals surface area contributed by atoms with Crippen molar-refractivity contribution in [1.82, 2.24) is 4.98 Å². The second-order valence-electron chi connectivity index (χ2n) is 6.27. The number of benzene rings is 1. The molecule has 2 aromatic rings. The van der Waals surface area contributed by atoms with Gasteiger partial charge in [0.25, 0.3) is 5.79 Å². The Balaban J connectivity index is 2.25. The summed E-state index contributed by atoms with van der Waals surface area (Å²) in [7, 11) is 0. The highest BCUT2D eigenvalue weighted by Crippen LogP contribution is 2.45. The fourth-order valence-electron chi connectivity index (χ4n) is 3.42. The van der Waals surface area contributed by atoms with Crippen molar-refractivity contribution in [2.45, 2.75) is 52.2 Å². The van der Waals surface area contributed by atoms with E-state index in [0.29, 0.717) is 18.1 Å². The molecule has 1 N–H and O–H groups in total. The first-order valence-corrected chi connectivity index (χ1v) is 9.40. The number of aromatic nitrogens is 1. The number of unbranched alkanes of at least 4 members (excludes halogenated alkanes) is 1. The van der Waals surface area contributed by atoms with Crippen LogP contribution in [0.2, 0.25) is 5.02 Å². The number of ether oxygens (including phenoxy) is 2. The van der Waals surface area contributed by atoms with E-state index < -0.39 is 5.79 Å². The van der Waals surface area contributed by atoms with E-state index >= 15 is 0 Å². The number of H-pyrrole nitrogens is 1. The van der Waals surface area contributed by atoms with Crippen molar-refractivity contribution < 1.29 is 14.3 Å². The summed E-state index contributed by atoms with van der Waals surface area (Å²) < 4.78 is 12.7.